The van der Waals surface area contributed by atoms with E-state index in [0.717, 1.165) is 4.47 Å². The summed E-state index contributed by atoms with van der Waals surface area (Å²) in [5.74, 6) is -1.41. The van der Waals surface area contributed by atoms with Gasteiger partial charge in [-0.2, -0.15) is 0 Å². The highest BCUT2D eigenvalue weighted by Crippen LogP contribution is 2.29. The molecule has 2 amide bonds. The molecule has 0 spiro atoms. The summed E-state index contributed by atoms with van der Waals surface area (Å²) in [6.07, 6.45) is -0.345. The lowest BCUT2D eigenvalue weighted by atomic mass is 10.1. The second kappa shape index (κ2) is 9.62. The number of anilines is 2. The number of hydrogen-bond acceptors (Lipinski definition) is 5. The van der Waals surface area contributed by atoms with Gasteiger partial charge >= 0.3 is 12.1 Å². The highest BCUT2D eigenvalue weighted by atomic mass is 79.9. The molecule has 9 heteroatoms. The van der Waals surface area contributed by atoms with Crippen LogP contribution in [0.1, 0.15) is 27.6 Å². The maximum Gasteiger partial charge on any atom is 0.409 e. The quantitative estimate of drug-likeness (QED) is 0.684. The van der Waals surface area contributed by atoms with Crippen molar-refractivity contribution in [3.63, 3.8) is 0 Å². The van der Waals surface area contributed by atoms with Gasteiger partial charge in [0, 0.05) is 36.2 Å². The van der Waals surface area contributed by atoms with E-state index in [1.807, 2.05) is 4.90 Å². The van der Waals surface area contributed by atoms with Crippen molar-refractivity contribution in [1.82, 2.24) is 4.90 Å². The molecule has 0 saturated carbocycles. The highest BCUT2D eigenvalue weighted by Gasteiger charge is 2.24. The van der Waals surface area contributed by atoms with Crippen molar-refractivity contribution in [2.75, 3.05) is 43.0 Å². The van der Waals surface area contributed by atoms with Gasteiger partial charge in [0.2, 0.25) is 0 Å². The molecule has 2 aromatic carbocycles. The number of amides is 2. The lowest BCUT2D eigenvalue weighted by molar-refractivity contribution is 0.0696. The normalized spacial score (nSPS) is 13.7. The van der Waals surface area contributed by atoms with E-state index in [1.165, 1.54) is 12.1 Å². The molecule has 0 bridgehead atoms. The lowest BCUT2D eigenvalue weighted by Crippen LogP contribution is -2.49. The van der Waals surface area contributed by atoms with Crippen LogP contribution >= 0.6 is 15.9 Å². The number of nitrogens with one attached hydrogen (secondary N) is 1. The lowest BCUT2D eigenvalue weighted by Gasteiger charge is -2.36. The van der Waals surface area contributed by atoms with Crippen molar-refractivity contribution < 1.29 is 24.2 Å². The maximum absolute atomic E-state index is 12.7. The fourth-order valence-corrected chi connectivity index (χ4v) is 3.45. The molecular weight excluding hydrogens is 454 g/mol. The first-order chi connectivity index (χ1) is 14.4. The number of nitrogens with zero attached hydrogens (tertiary/aromatic N) is 2. The van der Waals surface area contributed by atoms with Gasteiger partial charge in [-0.1, -0.05) is 15.9 Å². The van der Waals surface area contributed by atoms with Crippen molar-refractivity contribution in [2.45, 2.75) is 6.92 Å². The molecule has 3 rings (SSSR count). The molecule has 0 aromatic heterocycles. The number of piperazine rings is 1. The zero-order valence-electron chi connectivity index (χ0n) is 16.4. The Morgan fingerprint density at radius 3 is 2.27 bits per heavy atom. The summed E-state index contributed by atoms with van der Waals surface area (Å²) >= 11 is 3.33. The molecule has 1 fully saturated rings. The van der Waals surface area contributed by atoms with Gasteiger partial charge in [-0.3, -0.25) is 4.79 Å². The van der Waals surface area contributed by atoms with Gasteiger partial charge in [0.1, 0.15) is 0 Å². The van der Waals surface area contributed by atoms with E-state index in [2.05, 4.69) is 21.2 Å². The first kappa shape index (κ1) is 21.6. The van der Waals surface area contributed by atoms with Crippen LogP contribution in [0.4, 0.5) is 16.2 Å². The van der Waals surface area contributed by atoms with Crippen molar-refractivity contribution in [3.05, 3.63) is 58.1 Å². The summed E-state index contributed by atoms with van der Waals surface area (Å²) in [6, 6.07) is 11.5. The zero-order chi connectivity index (χ0) is 21.7. The van der Waals surface area contributed by atoms with Gasteiger partial charge in [0.15, 0.2) is 0 Å². The summed E-state index contributed by atoms with van der Waals surface area (Å²) in [7, 11) is 0. The first-order valence-corrected chi connectivity index (χ1v) is 10.3. The highest BCUT2D eigenvalue weighted by molar-refractivity contribution is 9.10. The Kier molecular flexibility index (Phi) is 6.94. The number of hydrogen-bond donors (Lipinski definition) is 2. The fraction of sp³-hybridized carbons (Fsp3) is 0.286. The summed E-state index contributed by atoms with van der Waals surface area (Å²) in [6.45, 7) is 4.10. The largest absolute Gasteiger partial charge is 0.478 e. The van der Waals surface area contributed by atoms with E-state index in [0.29, 0.717) is 49.7 Å². The standard InChI is InChI=1S/C21H22BrN3O5/c1-2-30-21(29)25-11-9-24(10-12-25)18-8-5-15(20(27)28)13-17(18)23-19(26)14-3-6-16(22)7-4-14/h3-8,13H,2,9-12H2,1H3,(H,23,26)(H,27,28). The Balaban J connectivity index is 1.81. The number of aromatic carboxylic acids is 1. The molecule has 0 unspecified atom stereocenters. The van der Waals surface area contributed by atoms with Gasteiger partial charge in [0.25, 0.3) is 5.91 Å². The second-order valence-electron chi connectivity index (χ2n) is 6.67. The van der Waals surface area contributed by atoms with E-state index in [4.69, 9.17) is 4.74 Å². The number of carboxylic acid groups (broad SMARTS) is 1. The Bertz CT molecular complexity index is 940. The Morgan fingerprint density at radius 2 is 1.67 bits per heavy atom. The van der Waals surface area contributed by atoms with Gasteiger partial charge in [-0.15, -0.1) is 0 Å². The molecule has 0 aliphatic carbocycles. The van der Waals surface area contributed by atoms with Crippen molar-refractivity contribution in [3.8, 4) is 0 Å². The SMILES string of the molecule is CCOC(=O)N1CCN(c2ccc(C(=O)O)cc2NC(=O)c2ccc(Br)cc2)CC1. The summed E-state index contributed by atoms with van der Waals surface area (Å²) in [5, 5.41) is 12.2. The van der Waals surface area contributed by atoms with Crippen LogP contribution in [-0.2, 0) is 4.74 Å². The number of rotatable bonds is 5. The monoisotopic (exact) mass is 475 g/mol. The summed E-state index contributed by atoms with van der Waals surface area (Å²) in [4.78, 5) is 39.7. The number of benzene rings is 2. The average Bonchev–Trinajstić information content (AvgIpc) is 2.74. The Labute approximate surface area is 182 Å². The van der Waals surface area contributed by atoms with Gasteiger partial charge in [-0.05, 0) is 49.4 Å². The smallest absolute Gasteiger partial charge is 0.409 e. The van der Waals surface area contributed by atoms with Crippen LogP contribution in [0.5, 0.6) is 0 Å². The van der Waals surface area contributed by atoms with Crippen LogP contribution in [0.3, 0.4) is 0 Å². The van der Waals surface area contributed by atoms with E-state index in [9.17, 15) is 19.5 Å². The third kappa shape index (κ3) is 5.10. The average molecular weight is 476 g/mol. The predicted octanol–water partition coefficient (Wildman–Crippen LogP) is 3.68. The number of carbonyl (C=O) groups excluding carboxylic acids is 2. The zero-order valence-corrected chi connectivity index (χ0v) is 18.0. The molecule has 8 nitrogen and oxygen atoms in total. The minimum atomic E-state index is -1.08. The van der Waals surface area contributed by atoms with Gasteiger partial charge < -0.3 is 25.0 Å². The minimum absolute atomic E-state index is 0.0787. The molecule has 1 aliphatic rings. The molecule has 158 valence electrons. The predicted molar refractivity (Wildman–Crippen MR) is 116 cm³/mol. The van der Waals surface area contributed by atoms with Crippen LogP contribution in [0.25, 0.3) is 0 Å². The van der Waals surface area contributed by atoms with Crippen molar-refractivity contribution in [2.24, 2.45) is 0 Å². The van der Waals surface area contributed by atoms with Crippen LogP contribution in [0.2, 0.25) is 0 Å². The van der Waals surface area contributed by atoms with Crippen molar-refractivity contribution >= 4 is 45.3 Å². The third-order valence-corrected chi connectivity index (χ3v) is 5.27. The van der Waals surface area contributed by atoms with E-state index in [-0.39, 0.29) is 17.6 Å². The van der Waals surface area contributed by atoms with Gasteiger partial charge in [-0.25, -0.2) is 9.59 Å². The van der Waals surface area contributed by atoms with Crippen LogP contribution in [0.15, 0.2) is 46.9 Å². The first-order valence-electron chi connectivity index (χ1n) is 9.50. The second-order valence-corrected chi connectivity index (χ2v) is 7.59. The molecule has 2 N–H and O–H groups in total. The van der Waals surface area contributed by atoms with Gasteiger partial charge in [0.05, 0.1) is 23.5 Å². The summed E-state index contributed by atoms with van der Waals surface area (Å²) in [5.41, 5.74) is 1.65. The van der Waals surface area contributed by atoms with E-state index < -0.39 is 5.97 Å². The molecule has 0 atom stereocenters. The van der Waals surface area contributed by atoms with Crippen LogP contribution < -0.4 is 10.2 Å². The van der Waals surface area contributed by atoms with Crippen LogP contribution in [0, 0.1) is 0 Å². The number of halogens is 1. The Hall–Kier alpha value is -3.07. The number of carbonyl (C=O) groups is 3. The van der Waals surface area contributed by atoms with E-state index >= 15 is 0 Å². The third-order valence-electron chi connectivity index (χ3n) is 4.74. The molecular formula is C21H22BrN3O5. The topological polar surface area (TPSA) is 99.2 Å². The van der Waals surface area contributed by atoms with Crippen molar-refractivity contribution in [1.29, 1.82) is 0 Å². The molecule has 1 saturated heterocycles. The Morgan fingerprint density at radius 1 is 1.03 bits per heavy atom. The number of ether oxygens (including phenoxy) is 1. The van der Waals surface area contributed by atoms with E-state index in [1.54, 1.807) is 42.2 Å². The molecule has 1 heterocycles. The molecule has 2 aromatic rings. The minimum Gasteiger partial charge on any atom is -0.478 e. The molecule has 30 heavy (non-hydrogen) atoms. The fourth-order valence-electron chi connectivity index (χ4n) is 3.19. The number of carboxylic acids is 1. The molecule has 1 aliphatic heterocycles. The van der Waals surface area contributed by atoms with Crippen LogP contribution in [-0.4, -0.2) is 60.8 Å². The summed E-state index contributed by atoms with van der Waals surface area (Å²) < 4.78 is 5.89. The maximum atomic E-state index is 12.7. The molecule has 0 radical (unpaired) electrons.